The third kappa shape index (κ3) is 3.58. The first-order valence-corrected chi connectivity index (χ1v) is 6.68. The topological polar surface area (TPSA) is 49.3 Å². The Kier molecular flexibility index (Phi) is 4.22. The summed E-state index contributed by atoms with van der Waals surface area (Å²) >= 11 is 3.49. The number of aryl methyl sites for hydroxylation is 1. The lowest BCUT2D eigenvalue weighted by Crippen LogP contribution is -2.02. The van der Waals surface area contributed by atoms with Crippen LogP contribution >= 0.6 is 15.9 Å². The summed E-state index contributed by atoms with van der Waals surface area (Å²) in [5, 5.41) is 12.2. The standard InChI is InChI=1S/C15H14BrNO2/c1-10-5-6-13(8-14(10)16)17-9-11-3-2-4-12(7-11)15(18)19/h2-8,17H,9H2,1H3,(H,18,19). The molecule has 0 aliphatic heterocycles. The molecule has 0 fully saturated rings. The smallest absolute Gasteiger partial charge is 0.335 e. The molecule has 0 aliphatic rings. The van der Waals surface area contributed by atoms with Gasteiger partial charge in [0.15, 0.2) is 0 Å². The summed E-state index contributed by atoms with van der Waals surface area (Å²) in [5.41, 5.74) is 3.43. The van der Waals surface area contributed by atoms with E-state index in [2.05, 4.69) is 21.2 Å². The minimum absolute atomic E-state index is 0.310. The second-order valence-corrected chi connectivity index (χ2v) is 5.18. The monoisotopic (exact) mass is 319 g/mol. The van der Waals surface area contributed by atoms with Crippen molar-refractivity contribution in [3.8, 4) is 0 Å². The fourth-order valence-corrected chi connectivity index (χ4v) is 2.10. The van der Waals surface area contributed by atoms with Crippen molar-refractivity contribution in [1.82, 2.24) is 0 Å². The third-order valence-corrected chi connectivity index (χ3v) is 3.70. The van der Waals surface area contributed by atoms with Gasteiger partial charge in [-0.25, -0.2) is 4.79 Å². The Morgan fingerprint density at radius 1 is 1.26 bits per heavy atom. The van der Waals surface area contributed by atoms with Gasteiger partial charge in [0, 0.05) is 16.7 Å². The maximum absolute atomic E-state index is 10.9. The van der Waals surface area contributed by atoms with Crippen LogP contribution in [0.2, 0.25) is 0 Å². The predicted molar refractivity (Wildman–Crippen MR) is 79.6 cm³/mol. The number of carboxylic acids is 1. The second kappa shape index (κ2) is 5.89. The fourth-order valence-electron chi connectivity index (χ4n) is 1.72. The number of carboxylic acid groups (broad SMARTS) is 1. The number of nitrogens with one attached hydrogen (secondary N) is 1. The van der Waals surface area contributed by atoms with Crippen molar-refractivity contribution in [1.29, 1.82) is 0 Å². The molecule has 0 aliphatic carbocycles. The molecule has 2 rings (SSSR count). The molecule has 0 radical (unpaired) electrons. The molecule has 98 valence electrons. The van der Waals surface area contributed by atoms with Crippen LogP contribution in [0.3, 0.4) is 0 Å². The Balaban J connectivity index is 2.07. The molecule has 0 saturated carbocycles. The Labute approximate surface area is 120 Å². The predicted octanol–water partition coefficient (Wildman–Crippen LogP) is 4.07. The SMILES string of the molecule is Cc1ccc(NCc2cccc(C(=O)O)c2)cc1Br. The number of anilines is 1. The van der Waals surface area contributed by atoms with E-state index in [1.165, 1.54) is 5.56 Å². The molecule has 0 atom stereocenters. The number of halogens is 1. The van der Waals surface area contributed by atoms with Crippen molar-refractivity contribution < 1.29 is 9.90 Å². The average molecular weight is 320 g/mol. The first-order chi connectivity index (χ1) is 9.06. The lowest BCUT2D eigenvalue weighted by atomic mass is 10.1. The summed E-state index contributed by atoms with van der Waals surface area (Å²) in [6.07, 6.45) is 0. The summed E-state index contributed by atoms with van der Waals surface area (Å²) in [4.78, 5) is 10.9. The summed E-state index contributed by atoms with van der Waals surface area (Å²) in [6.45, 7) is 2.63. The van der Waals surface area contributed by atoms with Crippen molar-refractivity contribution in [2.75, 3.05) is 5.32 Å². The fraction of sp³-hybridized carbons (Fsp3) is 0.133. The van der Waals surface area contributed by atoms with E-state index in [-0.39, 0.29) is 0 Å². The van der Waals surface area contributed by atoms with E-state index in [1.54, 1.807) is 18.2 Å². The molecule has 0 spiro atoms. The highest BCUT2D eigenvalue weighted by Gasteiger charge is 2.03. The van der Waals surface area contributed by atoms with Crippen molar-refractivity contribution in [3.05, 3.63) is 63.6 Å². The van der Waals surface area contributed by atoms with Crippen molar-refractivity contribution in [2.24, 2.45) is 0 Å². The molecule has 0 heterocycles. The van der Waals surface area contributed by atoms with E-state index in [9.17, 15) is 4.79 Å². The molecular weight excluding hydrogens is 306 g/mol. The molecule has 2 aromatic carbocycles. The van der Waals surface area contributed by atoms with E-state index in [0.29, 0.717) is 12.1 Å². The molecular formula is C15H14BrNO2. The Morgan fingerprint density at radius 3 is 2.74 bits per heavy atom. The van der Waals surface area contributed by atoms with Crippen LogP contribution in [0.4, 0.5) is 5.69 Å². The second-order valence-electron chi connectivity index (χ2n) is 4.32. The van der Waals surface area contributed by atoms with Crippen LogP contribution in [-0.4, -0.2) is 11.1 Å². The molecule has 4 heteroatoms. The quantitative estimate of drug-likeness (QED) is 0.893. The zero-order valence-electron chi connectivity index (χ0n) is 10.5. The van der Waals surface area contributed by atoms with E-state index in [4.69, 9.17) is 5.11 Å². The van der Waals surface area contributed by atoms with Crippen LogP contribution in [0.15, 0.2) is 46.9 Å². The number of carbonyl (C=O) groups is 1. The first-order valence-electron chi connectivity index (χ1n) is 5.88. The van der Waals surface area contributed by atoms with Crippen LogP contribution in [-0.2, 0) is 6.54 Å². The first kappa shape index (κ1) is 13.6. The maximum atomic E-state index is 10.9. The van der Waals surface area contributed by atoms with Gasteiger partial charge in [0.05, 0.1) is 5.56 Å². The van der Waals surface area contributed by atoms with Gasteiger partial charge in [-0.3, -0.25) is 0 Å². The maximum Gasteiger partial charge on any atom is 0.335 e. The Hall–Kier alpha value is -1.81. The van der Waals surface area contributed by atoms with E-state index < -0.39 is 5.97 Å². The zero-order valence-corrected chi connectivity index (χ0v) is 12.1. The highest BCUT2D eigenvalue weighted by atomic mass is 79.9. The minimum Gasteiger partial charge on any atom is -0.478 e. The lowest BCUT2D eigenvalue weighted by Gasteiger charge is -2.08. The van der Waals surface area contributed by atoms with Gasteiger partial charge in [-0.1, -0.05) is 34.1 Å². The average Bonchev–Trinajstić information content (AvgIpc) is 2.40. The van der Waals surface area contributed by atoms with Gasteiger partial charge in [-0.15, -0.1) is 0 Å². The highest BCUT2D eigenvalue weighted by molar-refractivity contribution is 9.10. The molecule has 2 aromatic rings. The summed E-state index contributed by atoms with van der Waals surface area (Å²) in [5.74, 6) is -0.903. The van der Waals surface area contributed by atoms with Gasteiger partial charge < -0.3 is 10.4 Å². The van der Waals surface area contributed by atoms with Gasteiger partial charge in [-0.2, -0.15) is 0 Å². The van der Waals surface area contributed by atoms with Crippen LogP contribution < -0.4 is 5.32 Å². The molecule has 0 aromatic heterocycles. The van der Waals surface area contributed by atoms with E-state index in [0.717, 1.165) is 15.7 Å². The van der Waals surface area contributed by atoms with Crippen LogP contribution in [0.25, 0.3) is 0 Å². The van der Waals surface area contributed by atoms with Crippen molar-refractivity contribution >= 4 is 27.6 Å². The number of hydrogen-bond acceptors (Lipinski definition) is 2. The zero-order chi connectivity index (χ0) is 13.8. The Morgan fingerprint density at radius 2 is 2.05 bits per heavy atom. The van der Waals surface area contributed by atoms with Crippen molar-refractivity contribution in [2.45, 2.75) is 13.5 Å². The van der Waals surface area contributed by atoms with Gasteiger partial charge >= 0.3 is 5.97 Å². The van der Waals surface area contributed by atoms with Crippen LogP contribution in [0, 0.1) is 6.92 Å². The molecule has 2 N–H and O–H groups in total. The number of aromatic carboxylic acids is 1. The minimum atomic E-state index is -0.903. The summed E-state index contributed by atoms with van der Waals surface area (Å²) in [7, 11) is 0. The molecule has 0 unspecified atom stereocenters. The number of benzene rings is 2. The number of hydrogen-bond donors (Lipinski definition) is 2. The molecule has 0 bridgehead atoms. The van der Waals surface area contributed by atoms with Gasteiger partial charge in [0.2, 0.25) is 0 Å². The van der Waals surface area contributed by atoms with Crippen molar-refractivity contribution in [3.63, 3.8) is 0 Å². The largest absolute Gasteiger partial charge is 0.478 e. The third-order valence-electron chi connectivity index (χ3n) is 2.84. The molecule has 19 heavy (non-hydrogen) atoms. The Bertz CT molecular complexity index is 611. The molecule has 3 nitrogen and oxygen atoms in total. The van der Waals surface area contributed by atoms with E-state index in [1.807, 2.05) is 31.2 Å². The lowest BCUT2D eigenvalue weighted by molar-refractivity contribution is 0.0697. The summed E-state index contributed by atoms with van der Waals surface area (Å²) in [6, 6.07) is 13.0. The normalized spacial score (nSPS) is 10.2. The van der Waals surface area contributed by atoms with E-state index >= 15 is 0 Å². The van der Waals surface area contributed by atoms with Gasteiger partial charge in [-0.05, 0) is 42.3 Å². The van der Waals surface area contributed by atoms with Crippen LogP contribution in [0.5, 0.6) is 0 Å². The number of rotatable bonds is 4. The van der Waals surface area contributed by atoms with Gasteiger partial charge in [0.1, 0.15) is 0 Å². The van der Waals surface area contributed by atoms with Crippen LogP contribution in [0.1, 0.15) is 21.5 Å². The molecule has 0 saturated heterocycles. The summed E-state index contributed by atoms with van der Waals surface area (Å²) < 4.78 is 1.05. The van der Waals surface area contributed by atoms with Gasteiger partial charge in [0.25, 0.3) is 0 Å². The molecule has 0 amide bonds. The highest BCUT2D eigenvalue weighted by Crippen LogP contribution is 2.21.